The molecular formula is C18H27ClF3NO2Si. The summed E-state index contributed by atoms with van der Waals surface area (Å²) < 4.78 is 42.6. The Kier molecular flexibility index (Phi) is 7.74. The molecule has 0 radical (unpaired) electrons. The van der Waals surface area contributed by atoms with Crippen LogP contribution in [0.5, 0.6) is 0 Å². The van der Waals surface area contributed by atoms with Crippen molar-refractivity contribution in [2.24, 2.45) is 0 Å². The summed E-state index contributed by atoms with van der Waals surface area (Å²) in [5.74, 6) is -1.02. The molecule has 1 aromatic carbocycles. The normalized spacial score (nSPS) is 13.0. The van der Waals surface area contributed by atoms with Gasteiger partial charge in [-0.05, 0) is 41.7 Å². The lowest BCUT2D eigenvalue weighted by Gasteiger charge is -2.36. The van der Waals surface area contributed by atoms with E-state index in [1.165, 1.54) is 0 Å². The Morgan fingerprint density at radius 3 is 2.38 bits per heavy atom. The van der Waals surface area contributed by atoms with Gasteiger partial charge in [0, 0.05) is 11.6 Å². The summed E-state index contributed by atoms with van der Waals surface area (Å²) >= 11 is 6.24. The Morgan fingerprint density at radius 1 is 1.23 bits per heavy atom. The van der Waals surface area contributed by atoms with Gasteiger partial charge in [0.1, 0.15) is 6.42 Å². The highest BCUT2D eigenvalue weighted by Gasteiger charge is 2.37. The minimum absolute atomic E-state index is 0.0832. The largest absolute Gasteiger partial charge is 0.413 e. The molecule has 0 aromatic heterocycles. The molecule has 1 amide bonds. The lowest BCUT2D eigenvalue weighted by Crippen LogP contribution is -2.40. The van der Waals surface area contributed by atoms with Gasteiger partial charge >= 0.3 is 6.18 Å². The summed E-state index contributed by atoms with van der Waals surface area (Å²) in [5, 5.41) is 2.96. The SMILES string of the molecule is CC(C)(C)[Si](C)(C)OCc1cc(CCNC(=O)CC(F)(F)F)ccc1Cl. The first-order valence-electron chi connectivity index (χ1n) is 8.46. The second kappa shape index (κ2) is 8.76. The van der Waals surface area contributed by atoms with Crippen LogP contribution >= 0.6 is 11.6 Å². The maximum atomic E-state index is 12.1. The molecule has 1 aromatic rings. The van der Waals surface area contributed by atoms with Gasteiger partial charge < -0.3 is 9.74 Å². The molecule has 26 heavy (non-hydrogen) atoms. The molecule has 0 heterocycles. The molecule has 1 N–H and O–H groups in total. The molecule has 148 valence electrons. The lowest BCUT2D eigenvalue weighted by molar-refractivity contribution is -0.153. The van der Waals surface area contributed by atoms with Crippen molar-refractivity contribution in [3.05, 3.63) is 34.3 Å². The van der Waals surface area contributed by atoms with Gasteiger partial charge in [-0.3, -0.25) is 4.79 Å². The second-order valence-electron chi connectivity index (χ2n) is 7.87. The van der Waals surface area contributed by atoms with Crippen LogP contribution in [0.15, 0.2) is 18.2 Å². The van der Waals surface area contributed by atoms with E-state index in [4.69, 9.17) is 16.0 Å². The lowest BCUT2D eigenvalue weighted by atomic mass is 10.1. The summed E-state index contributed by atoms with van der Waals surface area (Å²) in [5.41, 5.74) is 1.73. The summed E-state index contributed by atoms with van der Waals surface area (Å²) in [6, 6.07) is 5.43. The van der Waals surface area contributed by atoms with Gasteiger partial charge in [-0.25, -0.2) is 0 Å². The third kappa shape index (κ3) is 7.68. The van der Waals surface area contributed by atoms with E-state index in [1.54, 1.807) is 12.1 Å². The minimum Gasteiger partial charge on any atom is -0.413 e. The van der Waals surface area contributed by atoms with Crippen LogP contribution in [-0.4, -0.2) is 26.9 Å². The summed E-state index contributed by atoms with van der Waals surface area (Å²) in [7, 11) is -1.91. The first-order chi connectivity index (χ1) is 11.7. The Bertz CT molecular complexity index is 628. The molecule has 0 atom stereocenters. The van der Waals surface area contributed by atoms with Crippen molar-refractivity contribution in [1.82, 2.24) is 5.32 Å². The van der Waals surface area contributed by atoms with Crippen LogP contribution in [0.3, 0.4) is 0 Å². The van der Waals surface area contributed by atoms with Crippen molar-refractivity contribution in [2.75, 3.05) is 6.54 Å². The zero-order chi connectivity index (χ0) is 20.2. The van der Waals surface area contributed by atoms with E-state index < -0.39 is 26.8 Å². The first kappa shape index (κ1) is 23.0. The highest BCUT2D eigenvalue weighted by molar-refractivity contribution is 6.74. The minimum atomic E-state index is -4.49. The van der Waals surface area contributed by atoms with Crippen LogP contribution in [0, 0.1) is 0 Å². The molecule has 0 saturated heterocycles. The van der Waals surface area contributed by atoms with Crippen LogP contribution in [0.25, 0.3) is 0 Å². The first-order valence-corrected chi connectivity index (χ1v) is 11.7. The summed E-state index contributed by atoms with van der Waals surface area (Å²) in [6.07, 6.45) is -5.52. The third-order valence-electron chi connectivity index (χ3n) is 4.60. The Morgan fingerprint density at radius 2 is 1.85 bits per heavy atom. The highest BCUT2D eigenvalue weighted by atomic mass is 35.5. The number of nitrogens with one attached hydrogen (secondary N) is 1. The maximum Gasteiger partial charge on any atom is 0.397 e. The number of halogens is 4. The third-order valence-corrected chi connectivity index (χ3v) is 9.45. The molecular weight excluding hydrogens is 383 g/mol. The molecule has 0 aliphatic carbocycles. The molecule has 0 fully saturated rings. The second-order valence-corrected chi connectivity index (χ2v) is 13.1. The molecule has 0 aliphatic rings. The van der Waals surface area contributed by atoms with Crippen molar-refractivity contribution in [3.63, 3.8) is 0 Å². The Hall–Kier alpha value is -1.05. The van der Waals surface area contributed by atoms with Gasteiger partial charge in [-0.1, -0.05) is 44.5 Å². The number of hydrogen-bond acceptors (Lipinski definition) is 2. The standard InChI is InChI=1S/C18H27ClF3NO2Si/c1-17(2,3)26(4,5)25-12-14-10-13(6-7-15(14)19)8-9-23-16(24)11-18(20,21)22/h6-7,10H,8-9,11-12H2,1-5H3,(H,23,24). The van der Waals surface area contributed by atoms with Crippen LogP contribution in [0.1, 0.15) is 38.3 Å². The number of carbonyl (C=O) groups is 1. The molecule has 8 heteroatoms. The molecule has 3 nitrogen and oxygen atoms in total. The predicted molar refractivity (Wildman–Crippen MR) is 101 cm³/mol. The molecule has 0 saturated carbocycles. The van der Waals surface area contributed by atoms with Gasteiger partial charge in [0.05, 0.1) is 6.61 Å². The van der Waals surface area contributed by atoms with Gasteiger partial charge in [0.25, 0.3) is 0 Å². The molecule has 0 spiro atoms. The van der Waals surface area contributed by atoms with Crippen molar-refractivity contribution >= 4 is 25.8 Å². The van der Waals surface area contributed by atoms with Crippen molar-refractivity contribution < 1.29 is 22.4 Å². The van der Waals surface area contributed by atoms with E-state index in [9.17, 15) is 18.0 Å². The summed E-state index contributed by atoms with van der Waals surface area (Å²) in [4.78, 5) is 11.2. The van der Waals surface area contributed by atoms with E-state index in [0.717, 1.165) is 11.1 Å². The average Bonchev–Trinajstić information content (AvgIpc) is 2.44. The molecule has 0 aliphatic heterocycles. The molecule has 0 unspecified atom stereocenters. The summed E-state index contributed by atoms with van der Waals surface area (Å²) in [6.45, 7) is 11.3. The van der Waals surface area contributed by atoms with Gasteiger partial charge in [-0.2, -0.15) is 13.2 Å². The van der Waals surface area contributed by atoms with Crippen LogP contribution in [-0.2, 0) is 22.2 Å². The number of amides is 1. The number of alkyl halides is 3. The zero-order valence-corrected chi connectivity index (χ0v) is 17.6. The Labute approximate surface area is 159 Å². The smallest absolute Gasteiger partial charge is 0.397 e. The van der Waals surface area contributed by atoms with E-state index >= 15 is 0 Å². The van der Waals surface area contributed by atoms with Crippen molar-refractivity contribution in [2.45, 2.75) is 64.5 Å². The molecule has 0 bridgehead atoms. The maximum absolute atomic E-state index is 12.1. The van der Waals surface area contributed by atoms with E-state index in [0.29, 0.717) is 18.1 Å². The van der Waals surface area contributed by atoms with E-state index in [1.807, 2.05) is 6.07 Å². The van der Waals surface area contributed by atoms with Gasteiger partial charge in [0.15, 0.2) is 8.32 Å². The van der Waals surface area contributed by atoms with Gasteiger partial charge in [-0.15, -0.1) is 0 Å². The Balaban J connectivity index is 2.63. The number of hydrogen-bond donors (Lipinski definition) is 1. The van der Waals surface area contributed by atoms with Crippen LogP contribution in [0.4, 0.5) is 13.2 Å². The van der Waals surface area contributed by atoms with E-state index in [-0.39, 0.29) is 11.6 Å². The van der Waals surface area contributed by atoms with Crippen molar-refractivity contribution in [3.8, 4) is 0 Å². The number of benzene rings is 1. The topological polar surface area (TPSA) is 38.3 Å². The zero-order valence-electron chi connectivity index (χ0n) is 15.9. The quantitative estimate of drug-likeness (QED) is 0.606. The predicted octanol–water partition coefficient (Wildman–Crippen LogP) is 5.47. The monoisotopic (exact) mass is 409 g/mol. The van der Waals surface area contributed by atoms with Crippen LogP contribution in [0.2, 0.25) is 23.2 Å². The highest BCUT2D eigenvalue weighted by Crippen LogP contribution is 2.37. The number of carbonyl (C=O) groups excluding carboxylic acids is 1. The fourth-order valence-corrected chi connectivity index (χ4v) is 3.08. The van der Waals surface area contributed by atoms with Crippen LogP contribution < -0.4 is 5.32 Å². The average molecular weight is 410 g/mol. The number of rotatable bonds is 7. The van der Waals surface area contributed by atoms with Crippen molar-refractivity contribution in [1.29, 1.82) is 0 Å². The fourth-order valence-electron chi connectivity index (χ4n) is 1.96. The fraction of sp³-hybridized carbons (Fsp3) is 0.611. The van der Waals surface area contributed by atoms with E-state index in [2.05, 4.69) is 39.2 Å². The van der Waals surface area contributed by atoms with Gasteiger partial charge in [0.2, 0.25) is 5.91 Å². The molecule has 1 rings (SSSR count).